The fourth-order valence-corrected chi connectivity index (χ4v) is 2.36. The molecule has 0 saturated carbocycles. The minimum Gasteiger partial charge on any atom is -0.465 e. The number of anilines is 1. The number of hydrogen-bond donors (Lipinski definition) is 1. The predicted molar refractivity (Wildman–Crippen MR) is 93.1 cm³/mol. The molecule has 0 atom stereocenters. The first kappa shape index (κ1) is 16.4. The van der Waals surface area contributed by atoms with E-state index in [4.69, 9.17) is 4.74 Å². The van der Waals surface area contributed by atoms with Crippen LogP contribution in [-0.2, 0) is 4.74 Å². The summed E-state index contributed by atoms with van der Waals surface area (Å²) in [5.41, 5.74) is 2.05. The second-order valence-corrected chi connectivity index (χ2v) is 5.55. The first-order chi connectivity index (χ1) is 12.0. The number of carbonyl (C=O) groups is 1. The number of carbonyl (C=O) groups excluding carboxylic acids is 1. The van der Waals surface area contributed by atoms with E-state index in [-0.39, 0.29) is 5.56 Å². The second-order valence-electron chi connectivity index (χ2n) is 5.55. The zero-order valence-corrected chi connectivity index (χ0v) is 14.1. The van der Waals surface area contributed by atoms with Crippen molar-refractivity contribution in [3.8, 4) is 16.9 Å². The summed E-state index contributed by atoms with van der Waals surface area (Å²) in [7, 11) is 5.12. The number of aromatic nitrogens is 4. The Hall–Kier alpha value is -3.42. The Morgan fingerprint density at radius 3 is 2.52 bits per heavy atom. The molecule has 0 bridgehead atoms. The molecule has 8 heteroatoms. The first-order valence-electron chi connectivity index (χ1n) is 7.51. The van der Waals surface area contributed by atoms with E-state index in [2.05, 4.69) is 15.3 Å². The smallest absolute Gasteiger partial charge is 0.343 e. The summed E-state index contributed by atoms with van der Waals surface area (Å²) in [6, 6.07) is 9.06. The molecule has 0 unspecified atom stereocenters. The third-order valence-corrected chi connectivity index (χ3v) is 3.72. The molecule has 0 radical (unpaired) electrons. The van der Waals surface area contributed by atoms with Crippen molar-refractivity contribution in [2.45, 2.75) is 0 Å². The van der Waals surface area contributed by atoms with Crippen LogP contribution >= 0.6 is 0 Å². The normalized spacial score (nSPS) is 10.5. The molecule has 2 aromatic heterocycles. The van der Waals surface area contributed by atoms with E-state index >= 15 is 0 Å². The maximum Gasteiger partial charge on any atom is 0.343 e. The Kier molecular flexibility index (Phi) is 4.34. The van der Waals surface area contributed by atoms with E-state index in [0.29, 0.717) is 11.4 Å². The van der Waals surface area contributed by atoms with E-state index in [1.54, 1.807) is 0 Å². The van der Waals surface area contributed by atoms with Crippen LogP contribution in [0.5, 0.6) is 0 Å². The van der Waals surface area contributed by atoms with E-state index < -0.39 is 11.5 Å². The van der Waals surface area contributed by atoms with Crippen LogP contribution in [0, 0.1) is 0 Å². The molecule has 0 amide bonds. The number of hydrogen-bond acceptors (Lipinski definition) is 6. The van der Waals surface area contributed by atoms with Crippen molar-refractivity contribution in [1.82, 2.24) is 20.0 Å². The van der Waals surface area contributed by atoms with Crippen LogP contribution < -0.4 is 10.5 Å². The summed E-state index contributed by atoms with van der Waals surface area (Å²) in [4.78, 5) is 26.5. The molecule has 2 heterocycles. The van der Waals surface area contributed by atoms with Crippen molar-refractivity contribution in [1.29, 1.82) is 0 Å². The molecule has 8 nitrogen and oxygen atoms in total. The number of nitrogens with zero attached hydrogens (tertiary/aromatic N) is 4. The lowest BCUT2D eigenvalue weighted by molar-refractivity contribution is 0.0598. The number of benzene rings is 1. The molecule has 0 aliphatic carbocycles. The average Bonchev–Trinajstić information content (AvgIpc) is 3.15. The summed E-state index contributed by atoms with van der Waals surface area (Å²) in [6.07, 6.45) is 2.97. The zero-order valence-electron chi connectivity index (χ0n) is 14.1. The highest BCUT2D eigenvalue weighted by molar-refractivity contribution is 5.90. The summed E-state index contributed by atoms with van der Waals surface area (Å²) in [5.74, 6) is -0.712. The highest BCUT2D eigenvalue weighted by Gasteiger charge is 2.18. The van der Waals surface area contributed by atoms with Crippen LogP contribution in [-0.4, -0.2) is 47.2 Å². The number of aromatic amines is 1. The Balaban J connectivity index is 2.18. The van der Waals surface area contributed by atoms with E-state index in [0.717, 1.165) is 15.9 Å². The molecule has 0 aliphatic rings. The monoisotopic (exact) mass is 339 g/mol. The van der Waals surface area contributed by atoms with Gasteiger partial charge in [-0.05, 0) is 18.2 Å². The third kappa shape index (κ3) is 3.14. The maximum atomic E-state index is 12.5. The Bertz CT molecular complexity index is 943. The molecule has 0 fully saturated rings. The highest BCUT2D eigenvalue weighted by atomic mass is 16.5. The van der Waals surface area contributed by atoms with Gasteiger partial charge >= 0.3 is 5.97 Å². The summed E-state index contributed by atoms with van der Waals surface area (Å²) >= 11 is 0. The van der Waals surface area contributed by atoms with Gasteiger partial charge in [-0.2, -0.15) is 14.9 Å². The topological polar surface area (TPSA) is 93.1 Å². The molecule has 1 aromatic carbocycles. The average molecular weight is 339 g/mol. The van der Waals surface area contributed by atoms with Crippen LogP contribution in [0.1, 0.15) is 10.4 Å². The Morgan fingerprint density at radius 1 is 1.24 bits per heavy atom. The van der Waals surface area contributed by atoms with Gasteiger partial charge in [0.25, 0.3) is 5.56 Å². The van der Waals surface area contributed by atoms with Crippen LogP contribution in [0.3, 0.4) is 0 Å². The summed E-state index contributed by atoms with van der Waals surface area (Å²) in [6.45, 7) is 0. The number of H-pyrrole nitrogens is 1. The van der Waals surface area contributed by atoms with Crippen molar-refractivity contribution in [2.75, 3.05) is 26.1 Å². The summed E-state index contributed by atoms with van der Waals surface area (Å²) in [5, 5.41) is 10.8. The van der Waals surface area contributed by atoms with Crippen LogP contribution in [0.2, 0.25) is 0 Å². The lowest BCUT2D eigenvalue weighted by Gasteiger charge is -2.13. The van der Waals surface area contributed by atoms with Crippen molar-refractivity contribution >= 4 is 11.7 Å². The molecule has 128 valence electrons. The van der Waals surface area contributed by atoms with Gasteiger partial charge in [0.15, 0.2) is 0 Å². The fraction of sp³-hybridized carbons (Fsp3) is 0.176. The van der Waals surface area contributed by atoms with E-state index in [1.807, 2.05) is 43.3 Å². The number of methoxy groups -OCH3 is 1. The van der Waals surface area contributed by atoms with Crippen molar-refractivity contribution in [3.05, 3.63) is 58.6 Å². The Labute approximate surface area is 143 Å². The molecular formula is C17H17N5O3. The minimum atomic E-state index is -0.712. The molecule has 0 saturated heterocycles. The predicted octanol–water partition coefficient (Wildman–Crippen LogP) is 1.48. The summed E-state index contributed by atoms with van der Waals surface area (Å²) < 4.78 is 5.85. The SMILES string of the molecule is COC(=O)c1cc(-c2ccc(N(C)C)cc2)nn(-c2cn[nH]c2)c1=O. The zero-order chi connectivity index (χ0) is 18.0. The first-order valence-corrected chi connectivity index (χ1v) is 7.51. The van der Waals surface area contributed by atoms with Gasteiger partial charge in [0, 0.05) is 31.5 Å². The molecule has 3 aromatic rings. The largest absolute Gasteiger partial charge is 0.465 e. The van der Waals surface area contributed by atoms with Gasteiger partial charge in [-0.1, -0.05) is 12.1 Å². The maximum absolute atomic E-state index is 12.5. The van der Waals surface area contributed by atoms with Crippen molar-refractivity contribution in [2.24, 2.45) is 0 Å². The quantitative estimate of drug-likeness (QED) is 0.724. The van der Waals surface area contributed by atoms with E-state index in [9.17, 15) is 9.59 Å². The Morgan fingerprint density at radius 2 is 1.96 bits per heavy atom. The minimum absolute atomic E-state index is 0.0922. The highest BCUT2D eigenvalue weighted by Crippen LogP contribution is 2.21. The van der Waals surface area contributed by atoms with Gasteiger partial charge in [0.2, 0.25) is 0 Å². The lowest BCUT2D eigenvalue weighted by Crippen LogP contribution is -2.28. The number of rotatable bonds is 4. The van der Waals surface area contributed by atoms with Gasteiger partial charge in [0.1, 0.15) is 11.3 Å². The fourth-order valence-electron chi connectivity index (χ4n) is 2.36. The molecule has 0 aliphatic heterocycles. The van der Waals surface area contributed by atoms with Gasteiger partial charge in [-0.25, -0.2) is 4.79 Å². The van der Waals surface area contributed by atoms with Gasteiger partial charge < -0.3 is 9.64 Å². The van der Waals surface area contributed by atoms with Gasteiger partial charge in [0.05, 0.1) is 19.0 Å². The number of ether oxygens (including phenoxy) is 1. The van der Waals surface area contributed by atoms with Crippen LogP contribution in [0.15, 0.2) is 47.5 Å². The lowest BCUT2D eigenvalue weighted by atomic mass is 10.1. The second kappa shape index (κ2) is 6.60. The van der Waals surface area contributed by atoms with Crippen LogP contribution in [0.25, 0.3) is 16.9 Å². The number of nitrogens with one attached hydrogen (secondary N) is 1. The van der Waals surface area contributed by atoms with Crippen LogP contribution in [0.4, 0.5) is 5.69 Å². The van der Waals surface area contributed by atoms with Crippen molar-refractivity contribution in [3.63, 3.8) is 0 Å². The molecule has 3 rings (SSSR count). The van der Waals surface area contributed by atoms with Gasteiger partial charge in [-0.3, -0.25) is 9.89 Å². The number of esters is 1. The molecule has 1 N–H and O–H groups in total. The third-order valence-electron chi connectivity index (χ3n) is 3.72. The van der Waals surface area contributed by atoms with E-state index in [1.165, 1.54) is 25.6 Å². The van der Waals surface area contributed by atoms with Crippen molar-refractivity contribution < 1.29 is 9.53 Å². The molecule has 25 heavy (non-hydrogen) atoms. The van der Waals surface area contributed by atoms with Gasteiger partial charge in [-0.15, -0.1) is 0 Å². The molecule has 0 spiro atoms. The standard InChI is InChI=1S/C17H17N5O3/c1-21(2)12-6-4-11(5-7-12)15-8-14(17(24)25-3)16(23)22(20-15)13-9-18-19-10-13/h4-10H,1-3H3,(H,18,19). The molecular weight excluding hydrogens is 322 g/mol.